The van der Waals surface area contributed by atoms with Crippen LogP contribution >= 0.6 is 0 Å². The van der Waals surface area contributed by atoms with Crippen molar-refractivity contribution in [3.05, 3.63) is 107 Å². The maximum atomic E-state index is 14.0. The van der Waals surface area contributed by atoms with E-state index in [-0.39, 0.29) is 24.4 Å². The highest BCUT2D eigenvalue weighted by Crippen LogP contribution is 2.42. The van der Waals surface area contributed by atoms with Gasteiger partial charge in [0.15, 0.2) is 0 Å². The number of H-pyrrole nitrogens is 2. The van der Waals surface area contributed by atoms with E-state index < -0.39 is 6.04 Å². The molecule has 2 amide bonds. The number of rotatable bonds is 5. The van der Waals surface area contributed by atoms with Gasteiger partial charge in [-0.3, -0.25) is 9.59 Å². The van der Waals surface area contributed by atoms with Crippen molar-refractivity contribution in [2.75, 3.05) is 13.1 Å². The number of nitrogens with zero attached hydrogens (tertiary/aromatic N) is 2. The Kier molecular flexibility index (Phi) is 5.58. The third kappa shape index (κ3) is 3.85. The number of aromatic amines is 2. The van der Waals surface area contributed by atoms with Gasteiger partial charge in [0.2, 0.25) is 11.8 Å². The minimum Gasteiger partial charge on any atom is -0.361 e. The first-order valence-electron chi connectivity index (χ1n) is 13.8. The van der Waals surface area contributed by atoms with Gasteiger partial charge in [-0.1, -0.05) is 74.5 Å². The van der Waals surface area contributed by atoms with Crippen molar-refractivity contribution in [1.29, 1.82) is 0 Å². The Bertz CT molecular complexity index is 1710. The predicted octanol–water partition coefficient (Wildman–Crippen LogP) is 5.70. The first kappa shape index (κ1) is 23.8. The summed E-state index contributed by atoms with van der Waals surface area (Å²) < 4.78 is 0. The highest BCUT2D eigenvalue weighted by molar-refractivity contribution is 5.97. The van der Waals surface area contributed by atoms with Crippen LogP contribution in [0.2, 0.25) is 0 Å². The number of benzene rings is 3. The van der Waals surface area contributed by atoms with Crippen LogP contribution in [0.5, 0.6) is 0 Å². The molecule has 0 bridgehead atoms. The van der Waals surface area contributed by atoms with Gasteiger partial charge < -0.3 is 19.8 Å². The van der Waals surface area contributed by atoms with Crippen molar-refractivity contribution < 1.29 is 9.59 Å². The third-order valence-electron chi connectivity index (χ3n) is 8.59. The smallest absolute Gasteiger partial charge is 0.246 e. The van der Waals surface area contributed by atoms with Crippen LogP contribution in [0.4, 0.5) is 0 Å². The Hall–Kier alpha value is -4.32. The lowest BCUT2D eigenvalue weighted by atomic mass is 9.85. The first-order chi connectivity index (χ1) is 19.0. The van der Waals surface area contributed by atoms with Crippen molar-refractivity contribution in [3.63, 3.8) is 0 Å². The molecule has 7 rings (SSSR count). The SMILES string of the molecule is CC(C)c1ccc(C2c3[nH]c4ccccc4c3C[C@H]3C(=O)N(CCc4c[nH]c5ccccc45)CC(=O)N23)cc1. The van der Waals surface area contributed by atoms with Gasteiger partial charge in [0, 0.05) is 46.7 Å². The Morgan fingerprint density at radius 1 is 0.897 bits per heavy atom. The van der Waals surface area contributed by atoms with Crippen LogP contribution in [0.1, 0.15) is 53.8 Å². The summed E-state index contributed by atoms with van der Waals surface area (Å²) in [6.07, 6.45) is 3.24. The number of fused-ring (bicyclic) bond motifs is 5. The van der Waals surface area contributed by atoms with Crippen LogP contribution in [0.3, 0.4) is 0 Å². The molecule has 5 aromatic rings. The fraction of sp³-hybridized carbons (Fsp3) is 0.273. The van der Waals surface area contributed by atoms with Gasteiger partial charge in [0.05, 0.1) is 12.6 Å². The minimum atomic E-state index is -0.518. The number of hydrogen-bond donors (Lipinski definition) is 2. The molecule has 39 heavy (non-hydrogen) atoms. The molecule has 2 atom stereocenters. The molecule has 0 saturated carbocycles. The molecule has 0 aliphatic carbocycles. The zero-order chi connectivity index (χ0) is 26.7. The Balaban J connectivity index is 1.25. The maximum absolute atomic E-state index is 14.0. The van der Waals surface area contributed by atoms with Crippen LogP contribution in [0.25, 0.3) is 21.8 Å². The summed E-state index contributed by atoms with van der Waals surface area (Å²) in [7, 11) is 0. The van der Waals surface area contributed by atoms with Gasteiger partial charge >= 0.3 is 0 Å². The van der Waals surface area contributed by atoms with Gasteiger partial charge in [-0.2, -0.15) is 0 Å². The summed E-state index contributed by atoms with van der Waals surface area (Å²) in [6, 6.07) is 24.1. The Morgan fingerprint density at radius 3 is 2.38 bits per heavy atom. The number of aromatic nitrogens is 2. The second-order valence-electron chi connectivity index (χ2n) is 11.2. The van der Waals surface area contributed by atoms with E-state index in [0.29, 0.717) is 25.3 Å². The van der Waals surface area contributed by atoms with Crippen molar-refractivity contribution in [2.24, 2.45) is 0 Å². The molecule has 1 unspecified atom stereocenters. The van der Waals surface area contributed by atoms with E-state index in [0.717, 1.165) is 33.2 Å². The van der Waals surface area contributed by atoms with Crippen LogP contribution in [0, 0.1) is 0 Å². The summed E-state index contributed by atoms with van der Waals surface area (Å²) in [6.45, 7) is 4.98. The predicted molar refractivity (Wildman–Crippen MR) is 154 cm³/mol. The lowest BCUT2D eigenvalue weighted by Crippen LogP contribution is -2.63. The van der Waals surface area contributed by atoms with Crippen molar-refractivity contribution in [3.8, 4) is 0 Å². The van der Waals surface area contributed by atoms with E-state index >= 15 is 0 Å². The number of piperazine rings is 1. The number of carbonyl (C=O) groups is 2. The third-order valence-corrected chi connectivity index (χ3v) is 8.59. The van der Waals surface area contributed by atoms with E-state index in [4.69, 9.17) is 0 Å². The molecule has 1 saturated heterocycles. The summed E-state index contributed by atoms with van der Waals surface area (Å²) in [5.74, 6) is 0.459. The molecular weight excluding hydrogens is 484 g/mol. The van der Waals surface area contributed by atoms with Crippen LogP contribution < -0.4 is 0 Å². The summed E-state index contributed by atoms with van der Waals surface area (Å²) in [4.78, 5) is 38.4. The van der Waals surface area contributed by atoms with Gasteiger partial charge in [0.25, 0.3) is 0 Å². The second kappa shape index (κ2) is 9.16. The van der Waals surface area contributed by atoms with Crippen molar-refractivity contribution >= 4 is 33.6 Å². The molecule has 2 aromatic heterocycles. The number of hydrogen-bond acceptors (Lipinski definition) is 2. The summed E-state index contributed by atoms with van der Waals surface area (Å²) in [5, 5.41) is 2.30. The van der Waals surface area contributed by atoms with Gasteiger partial charge in [-0.25, -0.2) is 0 Å². The molecule has 1 fully saturated rings. The fourth-order valence-electron chi connectivity index (χ4n) is 6.52. The standard InChI is InChI=1S/C33H32N4O2/c1-20(2)21-11-13-22(14-12-21)32-31-26(25-8-4-6-10-28(25)35-31)17-29-33(39)36(19-30(38)37(29)32)16-15-23-18-34-27-9-5-3-7-24(23)27/h3-14,18,20,29,32,34-35H,15-17,19H2,1-2H3/t29-,32?/m0/s1. The number of carbonyl (C=O) groups excluding carboxylic acids is 2. The summed E-state index contributed by atoms with van der Waals surface area (Å²) >= 11 is 0. The zero-order valence-corrected chi connectivity index (χ0v) is 22.3. The Labute approximate surface area is 227 Å². The van der Waals surface area contributed by atoms with E-state index in [1.54, 1.807) is 4.90 Å². The lowest BCUT2D eigenvalue weighted by Gasteiger charge is -2.47. The van der Waals surface area contributed by atoms with Gasteiger partial charge in [-0.05, 0) is 46.7 Å². The summed E-state index contributed by atoms with van der Waals surface area (Å²) in [5.41, 5.74) is 7.76. The first-order valence-corrected chi connectivity index (χ1v) is 13.8. The molecule has 2 aliphatic rings. The number of para-hydroxylation sites is 2. The minimum absolute atomic E-state index is 0.000712. The molecule has 6 nitrogen and oxygen atoms in total. The molecule has 3 aromatic carbocycles. The lowest BCUT2D eigenvalue weighted by molar-refractivity contribution is -0.158. The Morgan fingerprint density at radius 2 is 1.62 bits per heavy atom. The van der Waals surface area contributed by atoms with E-state index in [1.165, 1.54) is 16.5 Å². The average Bonchev–Trinajstić information content (AvgIpc) is 3.54. The highest BCUT2D eigenvalue weighted by Gasteiger charge is 2.48. The van der Waals surface area contributed by atoms with Crippen LogP contribution in [0.15, 0.2) is 79.0 Å². The second-order valence-corrected chi connectivity index (χ2v) is 11.2. The van der Waals surface area contributed by atoms with Crippen molar-refractivity contribution in [2.45, 2.75) is 44.7 Å². The number of nitrogens with one attached hydrogen (secondary N) is 2. The monoisotopic (exact) mass is 516 g/mol. The van der Waals surface area contributed by atoms with E-state index in [2.05, 4.69) is 72.3 Å². The molecule has 4 heterocycles. The van der Waals surface area contributed by atoms with Gasteiger partial charge in [0.1, 0.15) is 6.04 Å². The molecule has 6 heteroatoms. The van der Waals surface area contributed by atoms with Crippen LogP contribution in [-0.4, -0.2) is 50.7 Å². The molecule has 2 N–H and O–H groups in total. The molecule has 0 spiro atoms. The number of amides is 2. The maximum Gasteiger partial charge on any atom is 0.246 e. The van der Waals surface area contributed by atoms with E-state index in [1.807, 2.05) is 35.4 Å². The molecule has 0 radical (unpaired) electrons. The van der Waals surface area contributed by atoms with E-state index in [9.17, 15) is 9.59 Å². The van der Waals surface area contributed by atoms with Gasteiger partial charge in [-0.15, -0.1) is 0 Å². The average molecular weight is 517 g/mol. The normalized spacial score (nSPS) is 19.3. The topological polar surface area (TPSA) is 72.2 Å². The molecular formula is C33H32N4O2. The molecule has 2 aliphatic heterocycles. The fourth-order valence-corrected chi connectivity index (χ4v) is 6.52. The molecule has 196 valence electrons. The highest BCUT2D eigenvalue weighted by atomic mass is 16.2. The van der Waals surface area contributed by atoms with Crippen LogP contribution in [-0.2, 0) is 22.4 Å². The largest absolute Gasteiger partial charge is 0.361 e. The zero-order valence-electron chi connectivity index (χ0n) is 22.3. The van der Waals surface area contributed by atoms with Crippen molar-refractivity contribution in [1.82, 2.24) is 19.8 Å². The quantitative estimate of drug-likeness (QED) is 0.315.